The molecule has 0 fully saturated rings. The molecule has 19 heavy (non-hydrogen) atoms. The van der Waals surface area contributed by atoms with Crippen LogP contribution in [0.5, 0.6) is 0 Å². The van der Waals surface area contributed by atoms with E-state index < -0.39 is 5.44 Å². The molecule has 102 valence electrons. The number of aryl methyl sites for hydroxylation is 1. The summed E-state index contributed by atoms with van der Waals surface area (Å²) >= 11 is 13.4. The van der Waals surface area contributed by atoms with Crippen molar-refractivity contribution in [2.75, 3.05) is 0 Å². The van der Waals surface area contributed by atoms with Crippen molar-refractivity contribution in [1.29, 1.82) is 0 Å². The molecule has 1 heterocycles. The summed E-state index contributed by atoms with van der Waals surface area (Å²) in [7, 11) is 0. The van der Waals surface area contributed by atoms with E-state index in [0.29, 0.717) is 22.2 Å². The third kappa shape index (κ3) is 4.73. The Bertz CT molecular complexity index is 519. The molecule has 1 aromatic heterocycles. The molecule has 2 aromatic rings. The molecule has 0 aliphatic rings. The molecule has 1 N–H and O–H groups in total. The van der Waals surface area contributed by atoms with Gasteiger partial charge in [0, 0.05) is 41.2 Å². The Labute approximate surface area is 126 Å². The summed E-state index contributed by atoms with van der Waals surface area (Å²) in [5.74, 6) is 0.668. The second kappa shape index (κ2) is 7.20. The second-order valence-corrected chi connectivity index (χ2v) is 6.10. The van der Waals surface area contributed by atoms with E-state index in [2.05, 4.69) is 4.98 Å². The van der Waals surface area contributed by atoms with Crippen LogP contribution in [0.15, 0.2) is 36.9 Å². The molecule has 1 aromatic carbocycles. The van der Waals surface area contributed by atoms with Gasteiger partial charge in [-0.3, -0.25) is 0 Å². The molecule has 0 aliphatic heterocycles. The minimum absolute atomic E-state index is 0.422. The van der Waals surface area contributed by atoms with E-state index in [4.69, 9.17) is 23.2 Å². The smallest absolute Gasteiger partial charge is 0.101 e. The lowest BCUT2D eigenvalue weighted by Crippen LogP contribution is -2.06. The van der Waals surface area contributed by atoms with Crippen LogP contribution in [0.2, 0.25) is 10.0 Å². The van der Waals surface area contributed by atoms with Gasteiger partial charge in [0.05, 0.1) is 6.33 Å². The normalized spacial score (nSPS) is 12.6. The van der Waals surface area contributed by atoms with E-state index in [-0.39, 0.29) is 0 Å². The Morgan fingerprint density at radius 1 is 1.37 bits per heavy atom. The lowest BCUT2D eigenvalue weighted by Gasteiger charge is -2.11. The fourth-order valence-corrected chi connectivity index (χ4v) is 3.04. The molecular weight excluding hydrogens is 303 g/mol. The highest BCUT2D eigenvalue weighted by Gasteiger charge is 2.08. The molecule has 2 rings (SSSR count). The van der Waals surface area contributed by atoms with Crippen LogP contribution >= 0.6 is 35.0 Å². The molecule has 0 saturated heterocycles. The quantitative estimate of drug-likeness (QED) is 0.823. The van der Waals surface area contributed by atoms with Gasteiger partial charge in [-0.15, -0.1) is 11.8 Å². The van der Waals surface area contributed by atoms with Crippen molar-refractivity contribution in [2.45, 2.75) is 24.2 Å². The third-order valence-corrected chi connectivity index (χ3v) is 4.32. The van der Waals surface area contributed by atoms with Gasteiger partial charge in [0.25, 0.3) is 0 Å². The highest BCUT2D eigenvalue weighted by molar-refractivity contribution is 7.98. The van der Waals surface area contributed by atoms with Crippen molar-refractivity contribution in [2.24, 2.45) is 0 Å². The summed E-state index contributed by atoms with van der Waals surface area (Å²) in [5, 5.41) is 11.2. The first kappa shape index (κ1) is 14.7. The number of hydrogen-bond acceptors (Lipinski definition) is 3. The van der Waals surface area contributed by atoms with Crippen LogP contribution in [0.4, 0.5) is 0 Å². The predicted molar refractivity (Wildman–Crippen MR) is 80.6 cm³/mol. The van der Waals surface area contributed by atoms with Gasteiger partial charge < -0.3 is 9.67 Å². The average molecular weight is 317 g/mol. The van der Waals surface area contributed by atoms with E-state index in [0.717, 1.165) is 12.1 Å². The number of rotatable bonds is 6. The lowest BCUT2D eigenvalue weighted by atomic mass is 10.2. The van der Waals surface area contributed by atoms with Crippen LogP contribution in [0.1, 0.15) is 12.0 Å². The number of aliphatic hydroxyl groups is 1. The van der Waals surface area contributed by atoms with Gasteiger partial charge in [-0.2, -0.15) is 0 Å². The molecule has 0 saturated carbocycles. The monoisotopic (exact) mass is 316 g/mol. The zero-order valence-electron chi connectivity index (χ0n) is 10.2. The van der Waals surface area contributed by atoms with Crippen molar-refractivity contribution < 1.29 is 5.11 Å². The summed E-state index contributed by atoms with van der Waals surface area (Å²) in [6.45, 7) is 0.752. The lowest BCUT2D eigenvalue weighted by molar-refractivity contribution is 0.245. The number of imidazole rings is 1. The number of halogens is 2. The summed E-state index contributed by atoms with van der Waals surface area (Å²) in [6, 6.07) is 5.42. The number of hydrogen-bond donors (Lipinski definition) is 1. The van der Waals surface area contributed by atoms with Gasteiger partial charge >= 0.3 is 0 Å². The minimum atomic E-state index is -0.422. The van der Waals surface area contributed by atoms with Gasteiger partial charge in [-0.25, -0.2) is 4.98 Å². The van der Waals surface area contributed by atoms with Gasteiger partial charge in [-0.1, -0.05) is 29.3 Å². The molecule has 6 heteroatoms. The van der Waals surface area contributed by atoms with Crippen molar-refractivity contribution in [1.82, 2.24) is 9.55 Å². The molecular formula is C13H14Cl2N2OS. The maximum absolute atomic E-state index is 9.91. The van der Waals surface area contributed by atoms with E-state index in [1.807, 2.05) is 16.8 Å². The second-order valence-electron chi connectivity index (χ2n) is 4.09. The molecule has 0 radical (unpaired) electrons. The molecule has 1 unspecified atom stereocenters. The van der Waals surface area contributed by atoms with Crippen molar-refractivity contribution >= 4 is 35.0 Å². The van der Waals surface area contributed by atoms with Crippen molar-refractivity contribution in [3.63, 3.8) is 0 Å². The van der Waals surface area contributed by atoms with Crippen LogP contribution in [-0.4, -0.2) is 20.1 Å². The first-order chi connectivity index (χ1) is 9.15. The van der Waals surface area contributed by atoms with Crippen LogP contribution in [-0.2, 0) is 12.3 Å². The van der Waals surface area contributed by atoms with E-state index in [9.17, 15) is 5.11 Å². The number of benzene rings is 1. The maximum Gasteiger partial charge on any atom is 0.101 e. The van der Waals surface area contributed by atoms with Crippen molar-refractivity contribution in [3.8, 4) is 0 Å². The Morgan fingerprint density at radius 3 is 2.89 bits per heavy atom. The van der Waals surface area contributed by atoms with Crippen molar-refractivity contribution in [3.05, 3.63) is 52.5 Å². The van der Waals surface area contributed by atoms with Crippen LogP contribution < -0.4 is 0 Å². The molecule has 3 nitrogen and oxygen atoms in total. The zero-order chi connectivity index (χ0) is 13.7. The largest absolute Gasteiger partial charge is 0.382 e. The van der Waals surface area contributed by atoms with Crippen LogP contribution in [0.3, 0.4) is 0 Å². The summed E-state index contributed by atoms with van der Waals surface area (Å²) in [6.07, 6.45) is 6.03. The molecule has 1 atom stereocenters. The maximum atomic E-state index is 9.91. The predicted octanol–water partition coefficient (Wildman–Crippen LogP) is 3.83. The first-order valence-corrected chi connectivity index (χ1v) is 7.65. The molecule has 0 bridgehead atoms. The zero-order valence-corrected chi connectivity index (χ0v) is 12.5. The number of aromatic nitrogens is 2. The molecule has 0 amide bonds. The van der Waals surface area contributed by atoms with Gasteiger partial charge in [0.15, 0.2) is 0 Å². The minimum Gasteiger partial charge on any atom is -0.382 e. The highest BCUT2D eigenvalue weighted by Crippen LogP contribution is 2.26. The summed E-state index contributed by atoms with van der Waals surface area (Å²) < 4.78 is 1.94. The van der Waals surface area contributed by atoms with Crippen LogP contribution in [0.25, 0.3) is 0 Å². The average Bonchev–Trinajstić information content (AvgIpc) is 2.88. The first-order valence-electron chi connectivity index (χ1n) is 5.84. The Balaban J connectivity index is 1.78. The summed E-state index contributed by atoms with van der Waals surface area (Å²) in [4.78, 5) is 3.96. The summed E-state index contributed by atoms with van der Waals surface area (Å²) in [5.41, 5.74) is 0.562. The number of aliphatic hydroxyl groups excluding tert-OH is 1. The van der Waals surface area contributed by atoms with E-state index >= 15 is 0 Å². The topological polar surface area (TPSA) is 38.0 Å². The number of nitrogens with zero attached hydrogens (tertiary/aromatic N) is 2. The highest BCUT2D eigenvalue weighted by atomic mass is 35.5. The van der Waals surface area contributed by atoms with Gasteiger partial charge in [0.2, 0.25) is 0 Å². The van der Waals surface area contributed by atoms with Gasteiger partial charge in [0.1, 0.15) is 5.44 Å². The SMILES string of the molecule is OC(CCn1ccnc1)SCc1ccc(Cl)cc1Cl. The molecule has 0 aliphatic carbocycles. The Morgan fingerprint density at radius 2 is 2.21 bits per heavy atom. The van der Waals surface area contributed by atoms with E-state index in [1.54, 1.807) is 24.7 Å². The molecule has 0 spiro atoms. The number of thioether (sulfide) groups is 1. The Kier molecular flexibility index (Phi) is 5.58. The van der Waals surface area contributed by atoms with Crippen LogP contribution in [0, 0.1) is 0 Å². The standard InChI is InChI=1S/C13H14Cl2N2OS/c14-11-2-1-10(12(15)7-11)8-19-13(18)3-5-17-6-4-16-9-17/h1-2,4,6-7,9,13,18H,3,5,8H2. The fraction of sp³-hybridized carbons (Fsp3) is 0.308. The van der Waals surface area contributed by atoms with E-state index in [1.165, 1.54) is 11.8 Å². The third-order valence-electron chi connectivity index (χ3n) is 2.64. The fourth-order valence-electron chi connectivity index (χ4n) is 1.59. The van der Waals surface area contributed by atoms with Gasteiger partial charge in [-0.05, 0) is 17.7 Å². The Hall–Kier alpha value is -0.680.